The number of para-hydroxylation sites is 1. The van der Waals surface area contributed by atoms with E-state index in [0.717, 1.165) is 10.6 Å². The predicted molar refractivity (Wildman–Crippen MR) is 122 cm³/mol. The fourth-order valence-corrected chi connectivity index (χ4v) is 4.44. The van der Waals surface area contributed by atoms with Crippen LogP contribution < -0.4 is 4.90 Å². The molecule has 1 aromatic heterocycles. The predicted octanol–water partition coefficient (Wildman–Crippen LogP) is 5.76. The summed E-state index contributed by atoms with van der Waals surface area (Å²) in [6.07, 6.45) is 1.78. The molecule has 1 aliphatic rings. The molecule has 2 heterocycles. The van der Waals surface area contributed by atoms with E-state index in [9.17, 15) is 9.59 Å². The number of benzene rings is 2. The van der Waals surface area contributed by atoms with Crippen LogP contribution in [0.1, 0.15) is 15.2 Å². The zero-order valence-corrected chi connectivity index (χ0v) is 17.5. The van der Waals surface area contributed by atoms with Gasteiger partial charge in [0.15, 0.2) is 11.0 Å². The van der Waals surface area contributed by atoms with Crippen LogP contribution in [-0.2, 0) is 4.79 Å². The third-order valence-corrected chi connectivity index (χ3v) is 6.17. The molecule has 0 saturated heterocycles. The van der Waals surface area contributed by atoms with Crippen LogP contribution in [0.4, 0.5) is 5.69 Å². The van der Waals surface area contributed by atoms with Crippen LogP contribution >= 0.6 is 34.7 Å². The van der Waals surface area contributed by atoms with E-state index in [2.05, 4.69) is 4.99 Å². The molecule has 2 aromatic carbocycles. The van der Waals surface area contributed by atoms with Gasteiger partial charge in [0.05, 0.1) is 11.4 Å². The zero-order valence-electron chi connectivity index (χ0n) is 15.1. The van der Waals surface area contributed by atoms with Crippen LogP contribution in [-0.4, -0.2) is 22.6 Å². The van der Waals surface area contributed by atoms with Crippen molar-refractivity contribution in [3.63, 3.8) is 0 Å². The molecule has 0 bridgehead atoms. The molecular formula is C22H15ClN2O2S2. The molecule has 0 spiro atoms. The quantitative estimate of drug-likeness (QED) is 0.375. The second-order valence-corrected chi connectivity index (χ2v) is 8.49. The third-order valence-electron chi connectivity index (χ3n) is 4.16. The lowest BCUT2D eigenvalue weighted by Crippen LogP contribution is -2.30. The van der Waals surface area contributed by atoms with Gasteiger partial charge in [-0.3, -0.25) is 14.5 Å². The smallest absolute Gasteiger partial charge is 0.283 e. The number of thiophene rings is 1. The summed E-state index contributed by atoms with van der Waals surface area (Å²) in [5.41, 5.74) is 1.66. The summed E-state index contributed by atoms with van der Waals surface area (Å²) >= 11 is 8.68. The van der Waals surface area contributed by atoms with Gasteiger partial charge in [-0.05, 0) is 53.9 Å². The second kappa shape index (κ2) is 8.78. The molecule has 29 heavy (non-hydrogen) atoms. The fraction of sp³-hybridized carbons (Fsp3) is 0.0455. The van der Waals surface area contributed by atoms with Crippen molar-refractivity contribution in [2.75, 3.05) is 10.7 Å². The zero-order chi connectivity index (χ0) is 20.2. The maximum atomic E-state index is 13.0. The SMILES string of the molecule is O=C(CSC1=N/C(=C\c2cccs2)C(=O)N1c1ccccc1)c1ccc(Cl)cc1. The Balaban J connectivity index is 1.59. The van der Waals surface area contributed by atoms with Crippen LogP contribution in [0.3, 0.4) is 0 Å². The second-order valence-electron chi connectivity index (χ2n) is 6.13. The van der Waals surface area contributed by atoms with Crippen molar-refractivity contribution in [3.05, 3.63) is 93.3 Å². The van der Waals surface area contributed by atoms with Gasteiger partial charge in [0.25, 0.3) is 5.91 Å². The van der Waals surface area contributed by atoms with Gasteiger partial charge >= 0.3 is 0 Å². The molecule has 0 N–H and O–H groups in total. The number of anilines is 1. The Kier molecular flexibility index (Phi) is 5.94. The van der Waals surface area contributed by atoms with E-state index < -0.39 is 0 Å². The maximum absolute atomic E-state index is 13.0. The molecule has 4 nitrogen and oxygen atoms in total. The number of hydrogen-bond acceptors (Lipinski definition) is 5. The van der Waals surface area contributed by atoms with E-state index in [4.69, 9.17) is 11.6 Å². The summed E-state index contributed by atoms with van der Waals surface area (Å²) in [5.74, 6) is -0.0832. The molecule has 4 rings (SSSR count). The summed E-state index contributed by atoms with van der Waals surface area (Å²) < 4.78 is 0. The first-order valence-corrected chi connectivity index (χ1v) is 11.0. The highest BCUT2D eigenvalue weighted by Gasteiger charge is 2.32. The lowest BCUT2D eigenvalue weighted by molar-refractivity contribution is -0.113. The van der Waals surface area contributed by atoms with Crippen LogP contribution in [0.5, 0.6) is 0 Å². The summed E-state index contributed by atoms with van der Waals surface area (Å²) in [6.45, 7) is 0. The number of amidine groups is 1. The van der Waals surface area contributed by atoms with Gasteiger partial charge in [-0.2, -0.15) is 0 Å². The minimum absolute atomic E-state index is 0.0505. The number of nitrogens with zero attached hydrogens (tertiary/aromatic N) is 2. The molecule has 0 unspecified atom stereocenters. The lowest BCUT2D eigenvalue weighted by Gasteiger charge is -2.17. The van der Waals surface area contributed by atoms with Crippen molar-refractivity contribution >= 4 is 63.3 Å². The normalized spacial score (nSPS) is 15.1. The molecule has 1 aliphatic heterocycles. The summed E-state index contributed by atoms with van der Waals surface area (Å²) in [4.78, 5) is 32.6. The van der Waals surface area contributed by atoms with Crippen molar-refractivity contribution in [1.82, 2.24) is 0 Å². The number of halogens is 1. The molecule has 7 heteroatoms. The average Bonchev–Trinajstić information content (AvgIpc) is 3.36. The molecule has 0 radical (unpaired) electrons. The number of Topliss-reactive ketones (excluding diaryl/α,β-unsaturated/α-hetero) is 1. The highest BCUT2D eigenvalue weighted by molar-refractivity contribution is 8.14. The number of hydrogen-bond donors (Lipinski definition) is 0. The largest absolute Gasteiger partial charge is 0.293 e. The molecule has 0 saturated carbocycles. The summed E-state index contributed by atoms with van der Waals surface area (Å²) in [7, 11) is 0. The molecule has 0 fully saturated rings. The Morgan fingerprint density at radius 2 is 1.83 bits per heavy atom. The van der Waals surface area contributed by atoms with Gasteiger partial charge in [-0.25, -0.2) is 4.99 Å². The Morgan fingerprint density at radius 1 is 1.07 bits per heavy atom. The van der Waals surface area contributed by atoms with E-state index in [1.807, 2.05) is 47.8 Å². The van der Waals surface area contributed by atoms with Gasteiger partial charge in [-0.1, -0.05) is 47.6 Å². The highest BCUT2D eigenvalue weighted by Crippen LogP contribution is 2.30. The van der Waals surface area contributed by atoms with Crippen molar-refractivity contribution in [1.29, 1.82) is 0 Å². The van der Waals surface area contributed by atoms with E-state index in [1.54, 1.807) is 35.2 Å². The number of carbonyl (C=O) groups is 2. The number of ketones is 1. The molecular weight excluding hydrogens is 424 g/mol. The standard InChI is InChI=1S/C22H15ClN2O2S2/c23-16-10-8-15(9-11-16)20(26)14-29-22-24-19(13-18-7-4-12-28-18)21(27)25(22)17-5-2-1-3-6-17/h1-13H,14H2/b19-13-. The first kappa shape index (κ1) is 19.6. The topological polar surface area (TPSA) is 49.7 Å². The van der Waals surface area contributed by atoms with E-state index in [1.165, 1.54) is 23.1 Å². The van der Waals surface area contributed by atoms with Gasteiger partial charge in [0.2, 0.25) is 0 Å². The van der Waals surface area contributed by atoms with Crippen molar-refractivity contribution in [2.45, 2.75) is 0 Å². The van der Waals surface area contributed by atoms with Crippen LogP contribution in [0, 0.1) is 0 Å². The van der Waals surface area contributed by atoms with Gasteiger partial charge in [0, 0.05) is 15.5 Å². The van der Waals surface area contributed by atoms with Gasteiger partial charge in [0.1, 0.15) is 5.70 Å². The first-order valence-electron chi connectivity index (χ1n) is 8.77. The van der Waals surface area contributed by atoms with Crippen molar-refractivity contribution < 1.29 is 9.59 Å². The fourth-order valence-electron chi connectivity index (χ4n) is 2.76. The van der Waals surface area contributed by atoms with Gasteiger partial charge in [-0.15, -0.1) is 11.3 Å². The van der Waals surface area contributed by atoms with E-state index in [-0.39, 0.29) is 17.4 Å². The van der Waals surface area contributed by atoms with Crippen LogP contribution in [0.25, 0.3) is 6.08 Å². The van der Waals surface area contributed by atoms with Crippen LogP contribution in [0.2, 0.25) is 5.02 Å². The van der Waals surface area contributed by atoms with Crippen LogP contribution in [0.15, 0.2) is 82.8 Å². The molecule has 3 aromatic rings. The molecule has 144 valence electrons. The average molecular weight is 439 g/mol. The van der Waals surface area contributed by atoms with Crippen molar-refractivity contribution in [3.8, 4) is 0 Å². The minimum atomic E-state index is -0.203. The third kappa shape index (κ3) is 4.50. The minimum Gasteiger partial charge on any atom is -0.293 e. The number of rotatable bonds is 5. The summed E-state index contributed by atoms with van der Waals surface area (Å²) in [6, 6.07) is 20.0. The number of amides is 1. The van der Waals surface area contributed by atoms with E-state index >= 15 is 0 Å². The first-order chi connectivity index (χ1) is 14.1. The van der Waals surface area contributed by atoms with Crippen molar-refractivity contribution in [2.24, 2.45) is 4.99 Å². The lowest BCUT2D eigenvalue weighted by atomic mass is 10.1. The Bertz CT molecular complexity index is 1090. The number of thioether (sulfide) groups is 1. The summed E-state index contributed by atoms with van der Waals surface area (Å²) in [5, 5.41) is 3.02. The van der Waals surface area contributed by atoms with E-state index in [0.29, 0.717) is 21.5 Å². The molecule has 1 amide bonds. The molecule has 0 atom stereocenters. The Hall–Kier alpha value is -2.67. The van der Waals surface area contributed by atoms with Gasteiger partial charge < -0.3 is 0 Å². The Labute approximate surface area is 181 Å². The molecule has 0 aliphatic carbocycles. The monoisotopic (exact) mass is 438 g/mol. The Morgan fingerprint density at radius 3 is 2.52 bits per heavy atom. The highest BCUT2D eigenvalue weighted by atomic mass is 35.5. The number of carbonyl (C=O) groups excluding carboxylic acids is 2. The number of aliphatic imine (C=N–C) groups is 1. The maximum Gasteiger partial charge on any atom is 0.283 e.